The number of carbonyl (C=O) groups is 1. The predicted molar refractivity (Wildman–Crippen MR) is 114 cm³/mol. The van der Waals surface area contributed by atoms with Crippen molar-refractivity contribution in [2.75, 3.05) is 18.8 Å². The minimum Gasteiger partial charge on any atom is -0.298 e. The van der Waals surface area contributed by atoms with Crippen molar-refractivity contribution in [3.8, 4) is 0 Å². The molecule has 3 rings (SSSR count). The van der Waals surface area contributed by atoms with E-state index in [2.05, 4.69) is 39.7 Å². The molecule has 2 aromatic rings. The molecule has 142 valence electrons. The lowest BCUT2D eigenvalue weighted by molar-refractivity contribution is -0.118. The number of piperidine rings is 1. The summed E-state index contributed by atoms with van der Waals surface area (Å²) in [6.07, 6.45) is 1.81. The van der Waals surface area contributed by atoms with Gasteiger partial charge in [-0.15, -0.1) is 11.8 Å². The maximum absolute atomic E-state index is 12.0. The third-order valence-electron chi connectivity index (χ3n) is 4.47. The number of thioether (sulfide) groups is 1. The van der Waals surface area contributed by atoms with Crippen LogP contribution in [-0.4, -0.2) is 35.4 Å². The lowest BCUT2D eigenvalue weighted by Gasteiger charge is -2.27. The van der Waals surface area contributed by atoms with Gasteiger partial charge >= 0.3 is 0 Å². The Balaban J connectivity index is 1.35. The molecule has 0 aromatic heterocycles. The fraction of sp³-hybridized carbons (Fsp3) is 0.333. The van der Waals surface area contributed by atoms with Gasteiger partial charge < -0.3 is 0 Å². The monoisotopic (exact) mass is 401 g/mol. The van der Waals surface area contributed by atoms with Crippen molar-refractivity contribution < 1.29 is 4.79 Å². The molecule has 2 aromatic carbocycles. The first-order valence-corrected chi connectivity index (χ1v) is 10.7. The predicted octanol–water partition coefficient (Wildman–Crippen LogP) is 4.34. The summed E-state index contributed by atoms with van der Waals surface area (Å²) in [7, 11) is 0. The van der Waals surface area contributed by atoms with Crippen molar-refractivity contribution in [3.63, 3.8) is 0 Å². The van der Waals surface area contributed by atoms with Gasteiger partial charge in [0, 0.05) is 49.0 Å². The topological polar surface area (TPSA) is 44.7 Å². The molecule has 0 aliphatic carbocycles. The number of amides is 1. The number of carbonyl (C=O) groups excluding carboxylic acids is 1. The molecule has 1 aliphatic heterocycles. The molecule has 0 radical (unpaired) electrons. The SMILES string of the molecule is O=C(CSCc1ccccc1Cl)NN=C1CCN(Cc2ccccc2)CC1. The number of likely N-dealkylation sites (tertiary alicyclic amines) is 1. The highest BCUT2D eigenvalue weighted by Gasteiger charge is 2.15. The lowest BCUT2D eigenvalue weighted by Crippen LogP contribution is -2.34. The van der Waals surface area contributed by atoms with E-state index < -0.39 is 0 Å². The summed E-state index contributed by atoms with van der Waals surface area (Å²) in [6.45, 7) is 2.93. The Labute approximate surface area is 170 Å². The zero-order chi connectivity index (χ0) is 18.9. The van der Waals surface area contributed by atoms with E-state index in [4.69, 9.17) is 11.6 Å². The number of benzene rings is 2. The van der Waals surface area contributed by atoms with Crippen molar-refractivity contribution >= 4 is 35.0 Å². The van der Waals surface area contributed by atoms with E-state index in [9.17, 15) is 4.79 Å². The Kier molecular flexibility index (Phi) is 7.75. The van der Waals surface area contributed by atoms with Crippen LogP contribution in [0.2, 0.25) is 5.02 Å². The first-order chi connectivity index (χ1) is 13.2. The van der Waals surface area contributed by atoms with Gasteiger partial charge in [0.05, 0.1) is 5.75 Å². The summed E-state index contributed by atoms with van der Waals surface area (Å²) in [6, 6.07) is 18.2. The zero-order valence-corrected chi connectivity index (χ0v) is 16.8. The second kappa shape index (κ2) is 10.5. The number of hydrogen-bond donors (Lipinski definition) is 1. The largest absolute Gasteiger partial charge is 0.298 e. The molecule has 0 atom stereocenters. The number of hydrazone groups is 1. The van der Waals surface area contributed by atoms with Gasteiger partial charge in [0.1, 0.15) is 0 Å². The molecule has 27 heavy (non-hydrogen) atoms. The minimum absolute atomic E-state index is 0.0636. The number of nitrogens with zero attached hydrogens (tertiary/aromatic N) is 2. The molecule has 0 spiro atoms. The first kappa shape index (κ1) is 19.9. The molecular weight excluding hydrogens is 378 g/mol. The van der Waals surface area contributed by atoms with E-state index in [1.807, 2.05) is 30.3 Å². The number of rotatable bonds is 7. The first-order valence-electron chi connectivity index (χ1n) is 9.12. The fourth-order valence-electron chi connectivity index (χ4n) is 2.97. The maximum atomic E-state index is 12.0. The molecule has 0 unspecified atom stereocenters. The van der Waals surface area contributed by atoms with Crippen LogP contribution in [0.1, 0.15) is 24.0 Å². The highest BCUT2D eigenvalue weighted by Crippen LogP contribution is 2.20. The molecule has 0 saturated carbocycles. The molecule has 1 amide bonds. The van der Waals surface area contributed by atoms with Crippen molar-refractivity contribution in [1.29, 1.82) is 0 Å². The number of halogens is 1. The molecule has 1 heterocycles. The van der Waals surface area contributed by atoms with Gasteiger partial charge in [0.15, 0.2) is 0 Å². The summed E-state index contributed by atoms with van der Waals surface area (Å²) < 4.78 is 0. The number of nitrogens with one attached hydrogen (secondary N) is 1. The van der Waals surface area contributed by atoms with Crippen molar-refractivity contribution in [1.82, 2.24) is 10.3 Å². The third-order valence-corrected chi connectivity index (χ3v) is 5.82. The average molecular weight is 402 g/mol. The summed E-state index contributed by atoms with van der Waals surface area (Å²) >= 11 is 7.67. The van der Waals surface area contributed by atoms with E-state index in [0.717, 1.165) is 54.5 Å². The van der Waals surface area contributed by atoms with E-state index >= 15 is 0 Å². The maximum Gasteiger partial charge on any atom is 0.250 e. The molecule has 1 fully saturated rings. The van der Waals surface area contributed by atoms with Crippen LogP contribution >= 0.6 is 23.4 Å². The highest BCUT2D eigenvalue weighted by molar-refractivity contribution is 7.99. The van der Waals surface area contributed by atoms with Gasteiger partial charge in [-0.1, -0.05) is 60.1 Å². The van der Waals surface area contributed by atoms with Gasteiger partial charge in [-0.3, -0.25) is 9.69 Å². The van der Waals surface area contributed by atoms with Crippen LogP contribution in [0.5, 0.6) is 0 Å². The van der Waals surface area contributed by atoms with Gasteiger partial charge in [-0.25, -0.2) is 5.43 Å². The van der Waals surface area contributed by atoms with Crippen LogP contribution < -0.4 is 5.43 Å². The fourth-order valence-corrected chi connectivity index (χ4v) is 4.07. The van der Waals surface area contributed by atoms with E-state index in [1.165, 1.54) is 5.56 Å². The Hall–Kier alpha value is -1.82. The van der Waals surface area contributed by atoms with Gasteiger partial charge in [0.2, 0.25) is 5.91 Å². The van der Waals surface area contributed by atoms with Gasteiger partial charge in [0.25, 0.3) is 0 Å². The zero-order valence-electron chi connectivity index (χ0n) is 15.2. The van der Waals surface area contributed by atoms with Gasteiger partial charge in [-0.05, 0) is 17.2 Å². The molecule has 0 bridgehead atoms. The third kappa shape index (κ3) is 6.69. The minimum atomic E-state index is -0.0636. The Bertz CT molecular complexity index is 772. The lowest BCUT2D eigenvalue weighted by atomic mass is 10.1. The normalized spacial score (nSPS) is 14.8. The Morgan fingerprint density at radius 3 is 2.52 bits per heavy atom. The average Bonchev–Trinajstić information content (AvgIpc) is 2.70. The van der Waals surface area contributed by atoms with Crippen LogP contribution in [0.4, 0.5) is 0 Å². The molecule has 1 aliphatic rings. The standard InChI is InChI=1S/C21H24ClN3OS/c22-20-9-5-4-8-18(20)15-27-16-21(26)24-23-19-10-12-25(13-11-19)14-17-6-2-1-3-7-17/h1-9H,10-16H2,(H,24,26). The summed E-state index contributed by atoms with van der Waals surface area (Å²) in [4.78, 5) is 14.4. The smallest absolute Gasteiger partial charge is 0.250 e. The van der Waals surface area contributed by atoms with Crippen molar-refractivity contribution in [2.24, 2.45) is 5.10 Å². The molecular formula is C21H24ClN3OS. The van der Waals surface area contributed by atoms with Crippen molar-refractivity contribution in [3.05, 3.63) is 70.7 Å². The summed E-state index contributed by atoms with van der Waals surface area (Å²) in [5, 5.41) is 5.06. The Morgan fingerprint density at radius 1 is 1.07 bits per heavy atom. The number of hydrogen-bond acceptors (Lipinski definition) is 4. The summed E-state index contributed by atoms with van der Waals surface area (Å²) in [5.41, 5.74) is 6.15. The van der Waals surface area contributed by atoms with E-state index in [1.54, 1.807) is 11.8 Å². The van der Waals surface area contributed by atoms with Crippen LogP contribution in [-0.2, 0) is 17.1 Å². The second-order valence-electron chi connectivity index (χ2n) is 6.56. The second-order valence-corrected chi connectivity index (χ2v) is 7.95. The quantitative estimate of drug-likeness (QED) is 0.702. The van der Waals surface area contributed by atoms with Crippen molar-refractivity contribution in [2.45, 2.75) is 25.1 Å². The molecule has 1 saturated heterocycles. The highest BCUT2D eigenvalue weighted by atomic mass is 35.5. The van der Waals surface area contributed by atoms with Crippen LogP contribution in [0, 0.1) is 0 Å². The Morgan fingerprint density at radius 2 is 1.78 bits per heavy atom. The van der Waals surface area contributed by atoms with E-state index in [0.29, 0.717) is 5.75 Å². The van der Waals surface area contributed by atoms with E-state index in [-0.39, 0.29) is 5.91 Å². The van der Waals surface area contributed by atoms with Crippen LogP contribution in [0.25, 0.3) is 0 Å². The summed E-state index contributed by atoms with van der Waals surface area (Å²) in [5.74, 6) is 1.03. The van der Waals surface area contributed by atoms with Gasteiger partial charge in [-0.2, -0.15) is 5.10 Å². The van der Waals surface area contributed by atoms with Crippen LogP contribution in [0.15, 0.2) is 59.7 Å². The molecule has 4 nitrogen and oxygen atoms in total. The van der Waals surface area contributed by atoms with Crippen LogP contribution in [0.3, 0.4) is 0 Å². The molecule has 1 N–H and O–H groups in total. The molecule has 6 heteroatoms.